The third-order valence-electron chi connectivity index (χ3n) is 3.87. The summed E-state index contributed by atoms with van der Waals surface area (Å²) < 4.78 is 0. The van der Waals surface area contributed by atoms with Crippen LogP contribution in [0.4, 0.5) is 4.79 Å². The Morgan fingerprint density at radius 3 is 2.50 bits per heavy atom. The molecule has 2 rings (SSSR count). The topological polar surface area (TPSA) is 78.7 Å². The van der Waals surface area contributed by atoms with Crippen LogP contribution in [0.1, 0.15) is 17.5 Å². The summed E-state index contributed by atoms with van der Waals surface area (Å²) in [5.74, 6) is -0.310. The molecule has 0 saturated carbocycles. The molecule has 3 N–H and O–H groups in total. The van der Waals surface area contributed by atoms with E-state index in [2.05, 4.69) is 46.3 Å². The maximum Gasteiger partial charge on any atom is 0.318 e. The molecule has 0 atom stereocenters. The molecule has 0 aromatic heterocycles. The van der Waals surface area contributed by atoms with E-state index < -0.39 is 6.03 Å². The van der Waals surface area contributed by atoms with E-state index in [0.29, 0.717) is 13.0 Å². The molecule has 1 aliphatic rings. The highest BCUT2D eigenvalue weighted by atomic mass is 16.2. The molecule has 3 amide bonds. The van der Waals surface area contributed by atoms with E-state index in [1.54, 1.807) is 0 Å². The Balaban J connectivity index is 1.69. The van der Waals surface area contributed by atoms with Gasteiger partial charge in [-0.2, -0.15) is 0 Å². The van der Waals surface area contributed by atoms with Gasteiger partial charge in [0.15, 0.2) is 0 Å². The van der Waals surface area contributed by atoms with Gasteiger partial charge in [-0.15, -0.1) is 0 Å². The van der Waals surface area contributed by atoms with Crippen LogP contribution in [-0.4, -0.2) is 54.5 Å². The Kier molecular flexibility index (Phi) is 5.91. The first kappa shape index (κ1) is 16.5. The van der Waals surface area contributed by atoms with Crippen molar-refractivity contribution in [3.63, 3.8) is 0 Å². The van der Waals surface area contributed by atoms with Crippen LogP contribution >= 0.6 is 0 Å². The number of aryl methyl sites for hydroxylation is 1. The molecule has 120 valence electrons. The summed E-state index contributed by atoms with van der Waals surface area (Å²) in [6, 6.07) is 7.80. The minimum absolute atomic E-state index is 0.306. The van der Waals surface area contributed by atoms with Crippen LogP contribution in [-0.2, 0) is 11.3 Å². The zero-order valence-electron chi connectivity index (χ0n) is 13.0. The van der Waals surface area contributed by atoms with Gasteiger partial charge in [0.05, 0.1) is 0 Å². The average molecular weight is 304 g/mol. The fraction of sp³-hybridized carbons (Fsp3) is 0.500. The number of amides is 3. The number of nitrogens with two attached hydrogens (primary N) is 1. The van der Waals surface area contributed by atoms with Crippen molar-refractivity contribution >= 4 is 11.9 Å². The third-order valence-corrected chi connectivity index (χ3v) is 3.87. The van der Waals surface area contributed by atoms with E-state index in [1.165, 1.54) is 11.1 Å². The zero-order valence-corrected chi connectivity index (χ0v) is 13.0. The van der Waals surface area contributed by atoms with Crippen LogP contribution in [0.25, 0.3) is 0 Å². The maximum atomic E-state index is 11.4. The molecule has 1 aromatic carbocycles. The molecule has 1 saturated heterocycles. The van der Waals surface area contributed by atoms with Gasteiger partial charge in [-0.3, -0.25) is 15.0 Å². The lowest BCUT2D eigenvalue weighted by Crippen LogP contribution is -2.47. The van der Waals surface area contributed by atoms with Gasteiger partial charge in [0.25, 0.3) is 0 Å². The third kappa shape index (κ3) is 5.46. The number of benzene rings is 1. The number of imide groups is 1. The van der Waals surface area contributed by atoms with E-state index in [4.69, 9.17) is 5.73 Å². The fourth-order valence-corrected chi connectivity index (χ4v) is 2.70. The van der Waals surface area contributed by atoms with E-state index in [1.807, 2.05) is 0 Å². The Morgan fingerprint density at radius 1 is 1.18 bits per heavy atom. The van der Waals surface area contributed by atoms with Crippen molar-refractivity contribution < 1.29 is 9.59 Å². The Hall–Kier alpha value is -1.92. The second kappa shape index (κ2) is 7.91. The summed E-state index contributed by atoms with van der Waals surface area (Å²) in [7, 11) is 0. The number of rotatable bonds is 5. The summed E-state index contributed by atoms with van der Waals surface area (Å²) in [6.07, 6.45) is 0.306. The van der Waals surface area contributed by atoms with Gasteiger partial charge in [0, 0.05) is 45.7 Å². The van der Waals surface area contributed by atoms with Gasteiger partial charge in [-0.05, 0) is 12.5 Å². The second-order valence-corrected chi connectivity index (χ2v) is 5.77. The number of nitrogens with one attached hydrogen (secondary N) is 1. The molecule has 22 heavy (non-hydrogen) atoms. The largest absolute Gasteiger partial charge is 0.351 e. The average Bonchev–Trinajstić information content (AvgIpc) is 2.46. The van der Waals surface area contributed by atoms with Crippen molar-refractivity contribution in [3.8, 4) is 0 Å². The van der Waals surface area contributed by atoms with Gasteiger partial charge in [-0.1, -0.05) is 29.8 Å². The predicted molar refractivity (Wildman–Crippen MR) is 85.2 cm³/mol. The number of primary amides is 1. The number of nitrogens with zero attached hydrogens (tertiary/aromatic N) is 2. The van der Waals surface area contributed by atoms with E-state index >= 15 is 0 Å². The van der Waals surface area contributed by atoms with Crippen molar-refractivity contribution in [1.29, 1.82) is 0 Å². The lowest BCUT2D eigenvalue weighted by atomic mass is 10.1. The van der Waals surface area contributed by atoms with E-state index in [-0.39, 0.29) is 5.91 Å². The van der Waals surface area contributed by atoms with E-state index in [0.717, 1.165) is 32.7 Å². The van der Waals surface area contributed by atoms with Crippen molar-refractivity contribution in [2.75, 3.05) is 32.7 Å². The molecule has 0 bridgehead atoms. The summed E-state index contributed by atoms with van der Waals surface area (Å²) in [5, 5.41) is 2.09. The van der Waals surface area contributed by atoms with Gasteiger partial charge in [-0.25, -0.2) is 4.79 Å². The molecular formula is C16H24N4O2. The molecule has 6 nitrogen and oxygen atoms in total. The molecule has 0 unspecified atom stereocenters. The number of piperazine rings is 1. The fourth-order valence-electron chi connectivity index (χ4n) is 2.70. The minimum Gasteiger partial charge on any atom is -0.351 e. The molecule has 1 fully saturated rings. The quantitative estimate of drug-likeness (QED) is 0.839. The highest BCUT2D eigenvalue weighted by molar-refractivity contribution is 5.93. The molecule has 6 heteroatoms. The standard InChI is InChI=1S/C16H24N4O2/c1-13-3-2-4-14(11-13)12-20-9-7-19(8-10-20)6-5-15(21)18-16(17)22/h2-4,11H,5-10,12H2,1H3,(H3,17,18,21,22). The molecule has 0 aliphatic carbocycles. The molecule has 0 radical (unpaired) electrons. The van der Waals surface area contributed by atoms with Gasteiger partial charge in [0.2, 0.25) is 5.91 Å². The van der Waals surface area contributed by atoms with Crippen molar-refractivity contribution in [2.24, 2.45) is 5.73 Å². The number of carbonyl (C=O) groups is 2. The Morgan fingerprint density at radius 2 is 1.86 bits per heavy atom. The smallest absolute Gasteiger partial charge is 0.318 e. The highest BCUT2D eigenvalue weighted by Gasteiger charge is 2.17. The number of carbonyl (C=O) groups excluding carboxylic acids is 2. The van der Waals surface area contributed by atoms with Crippen LogP contribution < -0.4 is 11.1 Å². The summed E-state index contributed by atoms with van der Waals surface area (Å²) in [5.41, 5.74) is 7.54. The number of hydrogen-bond acceptors (Lipinski definition) is 4. The first-order chi connectivity index (χ1) is 10.5. The van der Waals surface area contributed by atoms with Crippen LogP contribution in [0.15, 0.2) is 24.3 Å². The summed E-state index contributed by atoms with van der Waals surface area (Å²) in [4.78, 5) is 26.6. The lowest BCUT2D eigenvalue weighted by molar-refractivity contribution is -0.120. The lowest BCUT2D eigenvalue weighted by Gasteiger charge is -2.34. The molecule has 1 aliphatic heterocycles. The first-order valence-corrected chi connectivity index (χ1v) is 7.62. The molecule has 0 spiro atoms. The molecule has 1 aromatic rings. The van der Waals surface area contributed by atoms with Gasteiger partial charge >= 0.3 is 6.03 Å². The Bertz CT molecular complexity index is 525. The summed E-state index contributed by atoms with van der Waals surface area (Å²) >= 11 is 0. The Labute approximate surface area is 131 Å². The highest BCUT2D eigenvalue weighted by Crippen LogP contribution is 2.10. The molecule has 1 heterocycles. The van der Waals surface area contributed by atoms with Crippen LogP contribution in [0.2, 0.25) is 0 Å². The molecular weight excluding hydrogens is 280 g/mol. The maximum absolute atomic E-state index is 11.4. The van der Waals surface area contributed by atoms with Crippen LogP contribution in [0.5, 0.6) is 0 Å². The van der Waals surface area contributed by atoms with Crippen molar-refractivity contribution in [3.05, 3.63) is 35.4 Å². The first-order valence-electron chi connectivity index (χ1n) is 7.62. The van der Waals surface area contributed by atoms with Crippen molar-refractivity contribution in [1.82, 2.24) is 15.1 Å². The SMILES string of the molecule is Cc1cccc(CN2CCN(CCC(=O)NC(N)=O)CC2)c1. The monoisotopic (exact) mass is 304 g/mol. The minimum atomic E-state index is -0.784. The summed E-state index contributed by atoms with van der Waals surface area (Å²) in [6.45, 7) is 7.61. The number of hydrogen-bond donors (Lipinski definition) is 2. The predicted octanol–water partition coefficient (Wildman–Crippen LogP) is 0.698. The van der Waals surface area contributed by atoms with Crippen LogP contribution in [0, 0.1) is 6.92 Å². The van der Waals surface area contributed by atoms with Crippen molar-refractivity contribution in [2.45, 2.75) is 19.9 Å². The second-order valence-electron chi connectivity index (χ2n) is 5.77. The van der Waals surface area contributed by atoms with E-state index in [9.17, 15) is 9.59 Å². The van der Waals surface area contributed by atoms with Crippen LogP contribution in [0.3, 0.4) is 0 Å². The zero-order chi connectivity index (χ0) is 15.9. The van der Waals surface area contributed by atoms with Gasteiger partial charge < -0.3 is 10.6 Å². The number of urea groups is 1. The normalized spacial score (nSPS) is 16.4. The van der Waals surface area contributed by atoms with Gasteiger partial charge in [0.1, 0.15) is 0 Å².